The summed E-state index contributed by atoms with van der Waals surface area (Å²) in [5.41, 5.74) is 1.52. The van der Waals surface area contributed by atoms with E-state index in [1.807, 2.05) is 13.0 Å². The molecule has 16 heavy (non-hydrogen) atoms. The van der Waals surface area contributed by atoms with Crippen molar-refractivity contribution in [3.05, 3.63) is 29.6 Å². The topological polar surface area (TPSA) is 62.2 Å². The van der Waals surface area contributed by atoms with Crippen molar-refractivity contribution in [1.29, 1.82) is 0 Å². The van der Waals surface area contributed by atoms with Crippen LogP contribution in [0.5, 0.6) is 0 Å². The number of carboxylic acid groups (broad SMARTS) is 1. The molecular weight excluding hydrogens is 204 g/mol. The van der Waals surface area contributed by atoms with Gasteiger partial charge >= 0.3 is 5.97 Å². The number of nitrogens with one attached hydrogen (secondary N) is 1. The molecule has 0 aliphatic rings. The third-order valence-corrected chi connectivity index (χ3v) is 2.61. The van der Waals surface area contributed by atoms with E-state index in [1.165, 1.54) is 0 Å². The minimum absolute atomic E-state index is 0.441. The third-order valence-electron chi connectivity index (χ3n) is 2.61. The fraction of sp³-hybridized carbons (Fsp3) is 0.500. The normalized spacial score (nSPS) is 11.4. The molecule has 0 fully saturated rings. The molecule has 4 nitrogen and oxygen atoms in total. The van der Waals surface area contributed by atoms with Crippen LogP contribution in [0.15, 0.2) is 18.5 Å². The molecule has 1 heterocycles. The maximum absolute atomic E-state index is 10.9. The summed E-state index contributed by atoms with van der Waals surface area (Å²) in [6.07, 6.45) is 3.55. The lowest BCUT2D eigenvalue weighted by Crippen LogP contribution is -2.35. The molecule has 1 aromatic rings. The summed E-state index contributed by atoms with van der Waals surface area (Å²) in [5, 5.41) is 12.1. The van der Waals surface area contributed by atoms with Crippen molar-refractivity contribution in [3.8, 4) is 0 Å². The first-order valence-corrected chi connectivity index (χ1v) is 5.27. The van der Waals surface area contributed by atoms with E-state index in [4.69, 9.17) is 5.11 Å². The van der Waals surface area contributed by atoms with Crippen LogP contribution in [0.4, 0.5) is 0 Å². The number of hydrogen-bond donors (Lipinski definition) is 2. The smallest absolute Gasteiger partial charge is 0.310 e. The van der Waals surface area contributed by atoms with Crippen molar-refractivity contribution in [2.24, 2.45) is 5.41 Å². The zero-order valence-corrected chi connectivity index (χ0v) is 9.95. The second kappa shape index (κ2) is 5.07. The number of aromatic nitrogens is 1. The zero-order chi connectivity index (χ0) is 12.2. The molecule has 0 bridgehead atoms. The quantitative estimate of drug-likeness (QED) is 0.794. The van der Waals surface area contributed by atoms with Crippen molar-refractivity contribution in [3.63, 3.8) is 0 Å². The molecule has 0 unspecified atom stereocenters. The van der Waals surface area contributed by atoms with E-state index in [9.17, 15) is 4.79 Å². The van der Waals surface area contributed by atoms with Gasteiger partial charge in [0.05, 0.1) is 5.41 Å². The van der Waals surface area contributed by atoms with Crippen LogP contribution in [0, 0.1) is 12.3 Å². The summed E-state index contributed by atoms with van der Waals surface area (Å²) in [6.45, 7) is 6.52. The van der Waals surface area contributed by atoms with E-state index in [0.29, 0.717) is 13.1 Å². The lowest BCUT2D eigenvalue weighted by atomic mass is 9.94. The number of aryl methyl sites for hydroxylation is 1. The minimum atomic E-state index is -0.789. The van der Waals surface area contributed by atoms with Gasteiger partial charge in [-0.2, -0.15) is 0 Å². The average Bonchev–Trinajstić information content (AvgIpc) is 2.20. The Bertz CT molecular complexity index is 375. The summed E-state index contributed by atoms with van der Waals surface area (Å²) in [7, 11) is 0. The Kier molecular flexibility index (Phi) is 4.01. The summed E-state index contributed by atoms with van der Waals surface area (Å²) < 4.78 is 0. The lowest BCUT2D eigenvalue weighted by molar-refractivity contribution is -0.146. The Balaban J connectivity index is 2.48. The highest BCUT2D eigenvalue weighted by Crippen LogP contribution is 2.13. The summed E-state index contributed by atoms with van der Waals surface area (Å²) in [6, 6.07) is 1.94. The van der Waals surface area contributed by atoms with Gasteiger partial charge in [-0.05, 0) is 38.0 Å². The molecule has 2 N–H and O–H groups in total. The van der Waals surface area contributed by atoms with Crippen molar-refractivity contribution in [1.82, 2.24) is 10.3 Å². The number of pyridine rings is 1. The van der Waals surface area contributed by atoms with E-state index < -0.39 is 11.4 Å². The average molecular weight is 222 g/mol. The molecule has 0 amide bonds. The minimum Gasteiger partial charge on any atom is -0.481 e. The van der Waals surface area contributed by atoms with Gasteiger partial charge in [-0.3, -0.25) is 9.78 Å². The monoisotopic (exact) mass is 222 g/mol. The van der Waals surface area contributed by atoms with Gasteiger partial charge in [0.2, 0.25) is 0 Å². The number of carbonyl (C=O) groups is 1. The van der Waals surface area contributed by atoms with E-state index in [2.05, 4.69) is 10.3 Å². The fourth-order valence-corrected chi connectivity index (χ4v) is 1.27. The Morgan fingerprint density at radius 3 is 2.81 bits per heavy atom. The van der Waals surface area contributed by atoms with Crippen LogP contribution in [0.1, 0.15) is 25.0 Å². The lowest BCUT2D eigenvalue weighted by Gasteiger charge is -2.19. The van der Waals surface area contributed by atoms with Crippen molar-refractivity contribution in [2.45, 2.75) is 27.3 Å². The first-order valence-electron chi connectivity index (χ1n) is 5.27. The van der Waals surface area contributed by atoms with Crippen LogP contribution in [-0.4, -0.2) is 22.6 Å². The van der Waals surface area contributed by atoms with Crippen LogP contribution in [0.2, 0.25) is 0 Å². The Morgan fingerprint density at radius 1 is 1.56 bits per heavy atom. The maximum Gasteiger partial charge on any atom is 0.310 e. The van der Waals surface area contributed by atoms with E-state index in [-0.39, 0.29) is 0 Å². The summed E-state index contributed by atoms with van der Waals surface area (Å²) >= 11 is 0. The van der Waals surface area contributed by atoms with Crippen LogP contribution in [-0.2, 0) is 11.3 Å². The van der Waals surface area contributed by atoms with Crippen molar-refractivity contribution in [2.75, 3.05) is 6.54 Å². The van der Waals surface area contributed by atoms with Crippen LogP contribution >= 0.6 is 0 Å². The van der Waals surface area contributed by atoms with Crippen LogP contribution in [0.25, 0.3) is 0 Å². The van der Waals surface area contributed by atoms with Crippen molar-refractivity contribution >= 4 is 5.97 Å². The molecule has 88 valence electrons. The number of aliphatic carboxylic acids is 1. The molecule has 0 spiro atoms. The standard InChI is InChI=1S/C12H18N2O2/c1-9-4-5-13-6-10(9)7-14-8-12(2,3)11(15)16/h4-6,14H,7-8H2,1-3H3,(H,15,16). The Labute approximate surface area is 95.7 Å². The second-order valence-electron chi connectivity index (χ2n) is 4.59. The van der Waals surface area contributed by atoms with Crippen LogP contribution < -0.4 is 5.32 Å². The molecule has 0 saturated carbocycles. The molecule has 0 aliphatic heterocycles. The molecular formula is C12H18N2O2. The van der Waals surface area contributed by atoms with E-state index in [1.54, 1.807) is 26.2 Å². The Morgan fingerprint density at radius 2 is 2.25 bits per heavy atom. The van der Waals surface area contributed by atoms with Gasteiger partial charge in [0.25, 0.3) is 0 Å². The molecule has 0 radical (unpaired) electrons. The van der Waals surface area contributed by atoms with E-state index >= 15 is 0 Å². The van der Waals surface area contributed by atoms with Gasteiger partial charge in [0, 0.05) is 25.5 Å². The third kappa shape index (κ3) is 3.31. The molecule has 1 aromatic heterocycles. The highest BCUT2D eigenvalue weighted by Gasteiger charge is 2.26. The van der Waals surface area contributed by atoms with E-state index in [0.717, 1.165) is 11.1 Å². The Hall–Kier alpha value is -1.42. The second-order valence-corrected chi connectivity index (χ2v) is 4.59. The SMILES string of the molecule is Cc1ccncc1CNCC(C)(C)C(=O)O. The summed E-state index contributed by atoms with van der Waals surface area (Å²) in [4.78, 5) is 14.9. The predicted molar refractivity (Wildman–Crippen MR) is 62.1 cm³/mol. The number of nitrogens with zero attached hydrogens (tertiary/aromatic N) is 1. The molecule has 4 heteroatoms. The van der Waals surface area contributed by atoms with Crippen LogP contribution in [0.3, 0.4) is 0 Å². The predicted octanol–water partition coefficient (Wildman–Crippen LogP) is 1.59. The van der Waals surface area contributed by atoms with Gasteiger partial charge < -0.3 is 10.4 Å². The number of carboxylic acids is 1. The van der Waals surface area contributed by atoms with Gasteiger partial charge in [0.1, 0.15) is 0 Å². The summed E-state index contributed by atoms with van der Waals surface area (Å²) in [5.74, 6) is -0.789. The maximum atomic E-state index is 10.9. The van der Waals surface area contributed by atoms with Crippen molar-refractivity contribution < 1.29 is 9.90 Å². The highest BCUT2D eigenvalue weighted by atomic mass is 16.4. The van der Waals surface area contributed by atoms with Gasteiger partial charge in [-0.25, -0.2) is 0 Å². The number of hydrogen-bond acceptors (Lipinski definition) is 3. The highest BCUT2D eigenvalue weighted by molar-refractivity contribution is 5.73. The zero-order valence-electron chi connectivity index (χ0n) is 9.95. The molecule has 0 atom stereocenters. The van der Waals surface area contributed by atoms with Gasteiger partial charge in [0.15, 0.2) is 0 Å². The fourth-order valence-electron chi connectivity index (χ4n) is 1.27. The van der Waals surface area contributed by atoms with Gasteiger partial charge in [-0.15, -0.1) is 0 Å². The number of rotatable bonds is 5. The van der Waals surface area contributed by atoms with Gasteiger partial charge in [-0.1, -0.05) is 0 Å². The first kappa shape index (κ1) is 12.6. The molecule has 0 aromatic carbocycles. The largest absolute Gasteiger partial charge is 0.481 e. The molecule has 1 rings (SSSR count). The molecule has 0 saturated heterocycles. The molecule has 0 aliphatic carbocycles. The first-order chi connectivity index (χ1) is 7.43.